The maximum Gasteiger partial charge on any atom is 0.481 e. The number of ether oxygens (including phenoxy) is 3. The van der Waals surface area contributed by atoms with Crippen LogP contribution in [0.2, 0.25) is 0 Å². The van der Waals surface area contributed by atoms with Gasteiger partial charge in [0.15, 0.2) is 18.9 Å². The average Bonchev–Trinajstić information content (AvgIpc) is 2.48. The van der Waals surface area contributed by atoms with Crippen LogP contribution in [0.15, 0.2) is 0 Å². The predicted octanol–water partition coefficient (Wildman–Crippen LogP) is 3.02. The summed E-state index contributed by atoms with van der Waals surface area (Å²) in [5.41, 5.74) is 0. The lowest BCUT2D eigenvalue weighted by Crippen LogP contribution is -2.22. The molecule has 7 nitrogen and oxygen atoms in total. The molecular formula is C12H27O7PS3. The molecule has 0 saturated carbocycles. The molecule has 3 atom stereocenters. The first-order chi connectivity index (χ1) is 10.9. The highest BCUT2D eigenvalue weighted by molar-refractivity contribution is 7.80. The molecule has 0 spiro atoms. The van der Waals surface area contributed by atoms with Crippen molar-refractivity contribution >= 4 is 45.7 Å². The molecule has 0 heterocycles. The third-order valence-corrected chi connectivity index (χ3v) is 4.38. The molecule has 0 aliphatic carbocycles. The van der Waals surface area contributed by atoms with Crippen LogP contribution in [0.25, 0.3) is 0 Å². The van der Waals surface area contributed by atoms with Gasteiger partial charge in [0, 0.05) is 17.3 Å². The fourth-order valence-electron chi connectivity index (χ4n) is 1.37. The predicted molar refractivity (Wildman–Crippen MR) is 98.7 cm³/mol. The summed E-state index contributed by atoms with van der Waals surface area (Å²) in [6.07, 6.45) is -2.41. The number of phosphoric ester groups is 1. The highest BCUT2D eigenvalue weighted by atomic mass is 32.1. The summed E-state index contributed by atoms with van der Waals surface area (Å²) in [5.74, 6) is 1.51. The molecule has 0 amide bonds. The van der Waals surface area contributed by atoms with Gasteiger partial charge >= 0.3 is 7.82 Å². The maximum atomic E-state index is 12.8. The lowest BCUT2D eigenvalue weighted by atomic mass is 10.7. The van der Waals surface area contributed by atoms with Crippen molar-refractivity contribution in [1.29, 1.82) is 0 Å². The fourth-order valence-corrected chi connectivity index (χ4v) is 3.11. The topological polar surface area (TPSA) is 72.5 Å². The Kier molecular flexibility index (Phi) is 14.9. The SMILES string of the molecule is CC(OCCS)OP(=O)(OC(C)OCCS)OC(C)OCCS. The Morgan fingerprint density at radius 1 is 0.696 bits per heavy atom. The molecule has 0 N–H and O–H groups in total. The number of rotatable bonds is 15. The van der Waals surface area contributed by atoms with Crippen molar-refractivity contribution in [3.8, 4) is 0 Å². The summed E-state index contributed by atoms with van der Waals surface area (Å²) in [4.78, 5) is 0. The molecule has 0 rings (SSSR count). The van der Waals surface area contributed by atoms with Gasteiger partial charge in [-0.15, -0.1) is 0 Å². The van der Waals surface area contributed by atoms with E-state index >= 15 is 0 Å². The smallest absolute Gasteiger partial charge is 0.352 e. The third kappa shape index (κ3) is 13.0. The van der Waals surface area contributed by atoms with E-state index in [1.54, 1.807) is 20.8 Å². The minimum absolute atomic E-state index is 0.335. The van der Waals surface area contributed by atoms with Crippen LogP contribution in [-0.4, -0.2) is 55.9 Å². The summed E-state index contributed by atoms with van der Waals surface area (Å²) in [5, 5.41) is 0. The lowest BCUT2D eigenvalue weighted by molar-refractivity contribution is -0.143. The molecular weight excluding hydrogens is 383 g/mol. The summed E-state index contributed by atoms with van der Waals surface area (Å²) in [6, 6.07) is 0. The summed E-state index contributed by atoms with van der Waals surface area (Å²) < 4.78 is 44.5. The first kappa shape index (κ1) is 24.0. The molecule has 0 fully saturated rings. The number of thiol groups is 3. The van der Waals surface area contributed by atoms with Crippen molar-refractivity contribution in [2.45, 2.75) is 39.6 Å². The van der Waals surface area contributed by atoms with Gasteiger partial charge in [-0.05, 0) is 20.8 Å². The van der Waals surface area contributed by atoms with Crippen LogP contribution in [0.1, 0.15) is 20.8 Å². The van der Waals surface area contributed by atoms with E-state index in [0.29, 0.717) is 37.1 Å². The van der Waals surface area contributed by atoms with E-state index in [4.69, 9.17) is 27.8 Å². The standard InChI is InChI=1S/C12H27O7PS3/c1-10(14-4-7-21)17-20(13,18-11(2)15-5-8-22)19-12(3)16-6-9-23/h10-12,21-23H,4-9H2,1-3H3. The second-order valence-electron chi connectivity index (χ2n) is 4.25. The van der Waals surface area contributed by atoms with Gasteiger partial charge < -0.3 is 14.2 Å². The largest absolute Gasteiger partial charge is 0.481 e. The number of hydrogen-bond acceptors (Lipinski definition) is 10. The van der Waals surface area contributed by atoms with E-state index in [-0.39, 0.29) is 0 Å². The molecule has 0 aromatic heterocycles. The monoisotopic (exact) mass is 410 g/mol. The lowest BCUT2D eigenvalue weighted by Gasteiger charge is -2.26. The summed E-state index contributed by atoms with van der Waals surface area (Å²) in [7, 11) is -3.96. The van der Waals surface area contributed by atoms with Crippen LogP contribution in [0.3, 0.4) is 0 Å². The van der Waals surface area contributed by atoms with E-state index in [1.165, 1.54) is 0 Å². The van der Waals surface area contributed by atoms with E-state index in [9.17, 15) is 4.57 Å². The Hall–Kier alpha value is 1.04. The zero-order valence-electron chi connectivity index (χ0n) is 13.6. The first-order valence-electron chi connectivity index (χ1n) is 7.19. The number of hydrogen-bond donors (Lipinski definition) is 3. The molecule has 0 radical (unpaired) electrons. The van der Waals surface area contributed by atoms with E-state index in [1.807, 2.05) is 0 Å². The van der Waals surface area contributed by atoms with Crippen LogP contribution < -0.4 is 0 Å². The van der Waals surface area contributed by atoms with Gasteiger partial charge in [-0.2, -0.15) is 37.9 Å². The van der Waals surface area contributed by atoms with E-state index in [0.717, 1.165) is 0 Å². The molecule has 23 heavy (non-hydrogen) atoms. The van der Waals surface area contributed by atoms with Gasteiger partial charge in [0.2, 0.25) is 0 Å². The Morgan fingerprint density at radius 2 is 0.957 bits per heavy atom. The third-order valence-electron chi connectivity index (χ3n) is 2.16. The second-order valence-corrected chi connectivity index (χ2v) is 7.12. The Balaban J connectivity index is 4.70. The summed E-state index contributed by atoms with van der Waals surface area (Å²) in [6.45, 7) is 5.76. The van der Waals surface area contributed by atoms with Gasteiger partial charge in [-0.1, -0.05) is 0 Å². The molecule has 0 aliphatic heterocycles. The zero-order valence-corrected chi connectivity index (χ0v) is 17.2. The normalized spacial score (nSPS) is 18.3. The quantitative estimate of drug-likeness (QED) is 0.218. The van der Waals surface area contributed by atoms with Gasteiger partial charge in [-0.3, -0.25) is 13.6 Å². The molecule has 0 aliphatic rings. The van der Waals surface area contributed by atoms with Crippen LogP contribution in [0, 0.1) is 0 Å². The van der Waals surface area contributed by atoms with Crippen LogP contribution >= 0.6 is 45.7 Å². The zero-order chi connectivity index (χ0) is 17.7. The van der Waals surface area contributed by atoms with Crippen molar-refractivity contribution in [3.63, 3.8) is 0 Å². The van der Waals surface area contributed by atoms with Crippen molar-refractivity contribution in [1.82, 2.24) is 0 Å². The highest BCUT2D eigenvalue weighted by Crippen LogP contribution is 2.53. The Bertz CT molecular complexity index is 290. The van der Waals surface area contributed by atoms with Crippen LogP contribution in [0.5, 0.6) is 0 Å². The summed E-state index contributed by atoms with van der Waals surface area (Å²) >= 11 is 12.1. The molecule has 0 aromatic rings. The van der Waals surface area contributed by atoms with Crippen LogP contribution in [-0.2, 0) is 32.3 Å². The van der Waals surface area contributed by atoms with Crippen LogP contribution in [0.4, 0.5) is 0 Å². The average molecular weight is 411 g/mol. The molecule has 140 valence electrons. The van der Waals surface area contributed by atoms with Crippen molar-refractivity contribution in [2.24, 2.45) is 0 Å². The molecule has 0 aromatic carbocycles. The van der Waals surface area contributed by atoms with E-state index in [2.05, 4.69) is 37.9 Å². The first-order valence-corrected chi connectivity index (χ1v) is 10.5. The molecule has 0 saturated heterocycles. The minimum atomic E-state index is -3.96. The van der Waals surface area contributed by atoms with Gasteiger partial charge in [0.25, 0.3) is 0 Å². The molecule has 0 bridgehead atoms. The van der Waals surface area contributed by atoms with Crippen molar-refractivity contribution in [2.75, 3.05) is 37.1 Å². The highest BCUT2D eigenvalue weighted by Gasteiger charge is 2.35. The Labute approximate surface area is 154 Å². The van der Waals surface area contributed by atoms with Crippen molar-refractivity contribution < 1.29 is 32.3 Å². The van der Waals surface area contributed by atoms with Crippen molar-refractivity contribution in [3.05, 3.63) is 0 Å². The molecule has 11 heteroatoms. The number of phosphoric acid groups is 1. The van der Waals surface area contributed by atoms with Gasteiger partial charge in [0.1, 0.15) is 0 Å². The Morgan fingerprint density at radius 3 is 1.17 bits per heavy atom. The van der Waals surface area contributed by atoms with Gasteiger partial charge in [0.05, 0.1) is 19.8 Å². The van der Waals surface area contributed by atoms with E-state index < -0.39 is 26.7 Å². The minimum Gasteiger partial charge on any atom is -0.352 e. The second kappa shape index (κ2) is 14.2. The molecule has 3 unspecified atom stereocenters. The van der Waals surface area contributed by atoms with Gasteiger partial charge in [-0.25, -0.2) is 4.57 Å². The fraction of sp³-hybridized carbons (Fsp3) is 1.00. The maximum absolute atomic E-state index is 12.8.